The molecule has 0 spiro atoms. The van der Waals surface area contributed by atoms with Crippen LogP contribution >= 0.6 is 0 Å². The molecule has 1 aliphatic carbocycles. The Morgan fingerprint density at radius 3 is 2.26 bits per heavy atom. The van der Waals surface area contributed by atoms with Gasteiger partial charge in [0.2, 0.25) is 0 Å². The molecule has 6 heteroatoms. The third-order valence-corrected chi connectivity index (χ3v) is 3.71. The van der Waals surface area contributed by atoms with Gasteiger partial charge in [-0.1, -0.05) is 12.5 Å². The van der Waals surface area contributed by atoms with Crippen molar-refractivity contribution in [3.8, 4) is 0 Å². The predicted molar refractivity (Wildman–Crippen MR) is 60.2 cm³/mol. The fourth-order valence-electron chi connectivity index (χ4n) is 2.79. The summed E-state index contributed by atoms with van der Waals surface area (Å²) in [6.07, 6.45) is -4.55. The zero-order valence-corrected chi connectivity index (χ0v) is 10.1. The van der Waals surface area contributed by atoms with Crippen LogP contribution in [0.2, 0.25) is 0 Å². The van der Waals surface area contributed by atoms with Gasteiger partial charge in [0.15, 0.2) is 0 Å². The lowest BCUT2D eigenvalue weighted by atomic mass is 9.72. The second kappa shape index (κ2) is 4.74. The minimum absolute atomic E-state index is 0.0431. The molecule has 0 saturated heterocycles. The molecule has 1 fully saturated rings. The van der Waals surface area contributed by atoms with Crippen molar-refractivity contribution in [1.82, 2.24) is 0 Å². The maximum Gasteiger partial charge on any atom is 0.391 e. The first-order valence-corrected chi connectivity index (χ1v) is 6.04. The number of alkyl halides is 3. The normalized spacial score (nSPS) is 28.4. The van der Waals surface area contributed by atoms with Crippen molar-refractivity contribution in [1.29, 1.82) is 0 Å². The highest BCUT2D eigenvalue weighted by molar-refractivity contribution is 5.28. The third kappa shape index (κ3) is 2.73. The van der Waals surface area contributed by atoms with Gasteiger partial charge in [0.05, 0.1) is 5.92 Å². The van der Waals surface area contributed by atoms with E-state index in [0.717, 1.165) is 12.1 Å². The number of nitrogens with two attached hydrogens (primary N) is 1. The smallest absolute Gasteiger partial charge is 0.321 e. The maximum absolute atomic E-state index is 13.7. The van der Waals surface area contributed by atoms with Crippen molar-refractivity contribution in [2.24, 2.45) is 11.7 Å². The first-order valence-electron chi connectivity index (χ1n) is 6.04. The molecular formula is C13H14F5N. The van der Waals surface area contributed by atoms with Crippen LogP contribution in [0.25, 0.3) is 0 Å². The summed E-state index contributed by atoms with van der Waals surface area (Å²) in [6, 6.07) is 3.20. The van der Waals surface area contributed by atoms with Crippen LogP contribution in [0.4, 0.5) is 22.0 Å². The number of benzene rings is 1. The van der Waals surface area contributed by atoms with Crippen LogP contribution in [0, 0.1) is 17.6 Å². The molecule has 1 saturated carbocycles. The minimum Gasteiger partial charge on any atom is -0.321 e. The number of hydrogen-bond donors (Lipinski definition) is 1. The molecule has 2 rings (SSSR count). The standard InChI is InChI=1S/C13H14F5N/c14-9-4-1-5-10(15)11(9)12(19)6-2-3-8(7-12)13(16,17)18/h1,4-5,8H,2-3,6-7,19H2. The topological polar surface area (TPSA) is 26.0 Å². The van der Waals surface area contributed by atoms with E-state index in [1.807, 2.05) is 0 Å². The summed E-state index contributed by atoms with van der Waals surface area (Å²) < 4.78 is 65.7. The second-order valence-corrected chi connectivity index (χ2v) is 5.09. The maximum atomic E-state index is 13.7. The minimum atomic E-state index is -4.38. The summed E-state index contributed by atoms with van der Waals surface area (Å²) in [5, 5.41) is 0. The van der Waals surface area contributed by atoms with Crippen LogP contribution in [0.1, 0.15) is 31.2 Å². The lowest BCUT2D eigenvalue weighted by Crippen LogP contribution is -2.46. The summed E-state index contributed by atoms with van der Waals surface area (Å²) in [7, 11) is 0. The van der Waals surface area contributed by atoms with Crippen LogP contribution in [0.15, 0.2) is 18.2 Å². The predicted octanol–water partition coefficient (Wildman–Crippen LogP) is 3.87. The van der Waals surface area contributed by atoms with Gasteiger partial charge in [-0.3, -0.25) is 0 Å². The summed E-state index contributed by atoms with van der Waals surface area (Å²) in [5.74, 6) is -3.37. The molecule has 1 aliphatic rings. The molecule has 0 amide bonds. The molecule has 1 aromatic carbocycles. The van der Waals surface area contributed by atoms with Gasteiger partial charge in [-0.05, 0) is 31.4 Å². The quantitative estimate of drug-likeness (QED) is 0.776. The third-order valence-electron chi connectivity index (χ3n) is 3.71. The van der Waals surface area contributed by atoms with Crippen molar-refractivity contribution in [2.75, 3.05) is 0 Å². The summed E-state index contributed by atoms with van der Waals surface area (Å²) in [5.41, 5.74) is 3.87. The molecule has 2 N–H and O–H groups in total. The molecule has 2 unspecified atom stereocenters. The van der Waals surface area contributed by atoms with Crippen LogP contribution in [0.3, 0.4) is 0 Å². The van der Waals surface area contributed by atoms with Crippen LogP contribution in [-0.4, -0.2) is 6.18 Å². The summed E-state index contributed by atoms with van der Waals surface area (Å²) in [6.45, 7) is 0. The molecule has 0 heterocycles. The first kappa shape index (κ1) is 14.2. The van der Waals surface area contributed by atoms with E-state index in [0.29, 0.717) is 0 Å². The zero-order valence-electron chi connectivity index (χ0n) is 10.1. The highest BCUT2D eigenvalue weighted by Crippen LogP contribution is 2.45. The van der Waals surface area contributed by atoms with Crippen LogP contribution in [0.5, 0.6) is 0 Å². The Morgan fingerprint density at radius 1 is 1.16 bits per heavy atom. The van der Waals surface area contributed by atoms with E-state index in [9.17, 15) is 22.0 Å². The Bertz CT molecular complexity index is 450. The van der Waals surface area contributed by atoms with Gasteiger partial charge in [-0.2, -0.15) is 13.2 Å². The number of halogens is 5. The molecule has 0 aromatic heterocycles. The monoisotopic (exact) mass is 279 g/mol. The molecule has 0 aliphatic heterocycles. The molecular weight excluding hydrogens is 265 g/mol. The largest absolute Gasteiger partial charge is 0.391 e. The van der Waals surface area contributed by atoms with E-state index in [2.05, 4.69) is 0 Å². The highest BCUT2D eigenvalue weighted by Gasteiger charge is 2.48. The van der Waals surface area contributed by atoms with E-state index in [1.165, 1.54) is 6.07 Å². The van der Waals surface area contributed by atoms with Crippen molar-refractivity contribution < 1.29 is 22.0 Å². The molecule has 1 aromatic rings. The number of rotatable bonds is 1. The average Bonchev–Trinajstić information content (AvgIpc) is 2.27. The Balaban J connectivity index is 2.37. The van der Waals surface area contributed by atoms with E-state index >= 15 is 0 Å². The number of hydrogen-bond acceptors (Lipinski definition) is 1. The molecule has 1 nitrogen and oxygen atoms in total. The first-order chi connectivity index (χ1) is 8.74. The Labute approximate surface area is 107 Å². The SMILES string of the molecule is NC1(c2c(F)cccc2F)CCCC(C(F)(F)F)C1. The van der Waals surface area contributed by atoms with Crippen LogP contribution in [-0.2, 0) is 5.54 Å². The Morgan fingerprint density at radius 2 is 1.74 bits per heavy atom. The summed E-state index contributed by atoms with van der Waals surface area (Å²) in [4.78, 5) is 0. The van der Waals surface area contributed by atoms with Crippen molar-refractivity contribution in [2.45, 2.75) is 37.4 Å². The zero-order chi connectivity index (χ0) is 14.3. The van der Waals surface area contributed by atoms with Gasteiger partial charge >= 0.3 is 6.18 Å². The van der Waals surface area contributed by atoms with E-state index in [1.54, 1.807) is 0 Å². The van der Waals surface area contributed by atoms with Crippen molar-refractivity contribution in [3.63, 3.8) is 0 Å². The summed E-state index contributed by atoms with van der Waals surface area (Å²) >= 11 is 0. The van der Waals surface area contributed by atoms with Crippen molar-refractivity contribution in [3.05, 3.63) is 35.4 Å². The van der Waals surface area contributed by atoms with E-state index in [4.69, 9.17) is 5.73 Å². The highest BCUT2D eigenvalue weighted by atomic mass is 19.4. The lowest BCUT2D eigenvalue weighted by Gasteiger charge is -2.39. The molecule has 19 heavy (non-hydrogen) atoms. The van der Waals surface area contributed by atoms with E-state index < -0.39 is 41.3 Å². The van der Waals surface area contributed by atoms with Crippen LogP contribution < -0.4 is 5.73 Å². The Hall–Kier alpha value is -1.17. The van der Waals surface area contributed by atoms with Gasteiger partial charge in [0, 0.05) is 11.1 Å². The fraction of sp³-hybridized carbons (Fsp3) is 0.538. The van der Waals surface area contributed by atoms with Gasteiger partial charge < -0.3 is 5.73 Å². The van der Waals surface area contributed by atoms with Gasteiger partial charge in [-0.25, -0.2) is 8.78 Å². The fourth-order valence-corrected chi connectivity index (χ4v) is 2.79. The van der Waals surface area contributed by atoms with E-state index in [-0.39, 0.29) is 19.3 Å². The lowest BCUT2D eigenvalue weighted by molar-refractivity contribution is -0.187. The van der Waals surface area contributed by atoms with Crippen molar-refractivity contribution >= 4 is 0 Å². The molecule has 0 radical (unpaired) electrons. The Kier molecular flexibility index (Phi) is 3.55. The van der Waals surface area contributed by atoms with Gasteiger partial charge in [-0.15, -0.1) is 0 Å². The second-order valence-electron chi connectivity index (χ2n) is 5.09. The molecule has 106 valence electrons. The average molecular weight is 279 g/mol. The van der Waals surface area contributed by atoms with Gasteiger partial charge in [0.1, 0.15) is 11.6 Å². The van der Waals surface area contributed by atoms with Gasteiger partial charge in [0.25, 0.3) is 0 Å². The molecule has 0 bridgehead atoms. The molecule has 2 atom stereocenters.